The second-order valence-electron chi connectivity index (χ2n) is 9.10. The van der Waals surface area contributed by atoms with Gasteiger partial charge in [-0.3, -0.25) is 9.59 Å². The number of carbonyl (C=O) groups is 2. The highest BCUT2D eigenvalue weighted by atomic mass is 16.5. The molecule has 0 amide bonds. The summed E-state index contributed by atoms with van der Waals surface area (Å²) in [6, 6.07) is 0. The molecule has 0 unspecified atom stereocenters. The fraction of sp³-hybridized carbons (Fsp3) is 0.833. The molecule has 166 valence electrons. The molecule has 4 atom stereocenters. The minimum Gasteiger partial charge on any atom is -0.469 e. The molecule has 5 nitrogen and oxygen atoms in total. The molecular weight excluding hydrogens is 368 g/mol. The van der Waals surface area contributed by atoms with Gasteiger partial charge in [-0.2, -0.15) is 0 Å². The van der Waals surface area contributed by atoms with Crippen molar-refractivity contribution in [3.63, 3.8) is 0 Å². The van der Waals surface area contributed by atoms with Crippen LogP contribution in [0.5, 0.6) is 0 Å². The molecule has 0 heterocycles. The Kier molecular flexibility index (Phi) is 9.84. The van der Waals surface area contributed by atoms with Crippen molar-refractivity contribution in [2.45, 2.75) is 103 Å². The zero-order valence-electron chi connectivity index (χ0n) is 18.3. The van der Waals surface area contributed by atoms with Gasteiger partial charge in [0, 0.05) is 24.7 Å². The van der Waals surface area contributed by atoms with Gasteiger partial charge in [-0.1, -0.05) is 51.2 Å². The molecule has 2 N–H and O–H groups in total. The topological polar surface area (TPSA) is 83.8 Å². The lowest BCUT2D eigenvalue weighted by molar-refractivity contribution is -0.140. The number of hydrogen-bond donors (Lipinski definition) is 2. The Labute approximate surface area is 175 Å². The summed E-state index contributed by atoms with van der Waals surface area (Å²) in [5.74, 6) is -0.265. The molecule has 29 heavy (non-hydrogen) atoms. The van der Waals surface area contributed by atoms with Gasteiger partial charge in [-0.25, -0.2) is 0 Å². The van der Waals surface area contributed by atoms with E-state index in [9.17, 15) is 19.8 Å². The average Bonchev–Trinajstić information content (AvgIpc) is 2.93. The molecule has 0 aromatic heterocycles. The Balaban J connectivity index is 1.77. The third-order valence-electron chi connectivity index (χ3n) is 7.13. The number of Topliss-reactive ketones (excluding diaryl/α,β-unsaturated/α-hetero) is 1. The van der Waals surface area contributed by atoms with Crippen molar-refractivity contribution in [3.8, 4) is 0 Å². The van der Waals surface area contributed by atoms with Crippen LogP contribution in [0.3, 0.4) is 0 Å². The molecular formula is C24H40O5. The first-order valence-corrected chi connectivity index (χ1v) is 11.6. The predicted octanol–water partition coefficient (Wildman–Crippen LogP) is 4.34. The van der Waals surface area contributed by atoms with E-state index < -0.39 is 6.10 Å². The van der Waals surface area contributed by atoms with Crippen LogP contribution in [0.15, 0.2) is 12.2 Å². The van der Waals surface area contributed by atoms with E-state index in [1.165, 1.54) is 13.5 Å². The Morgan fingerprint density at radius 1 is 1.28 bits per heavy atom. The highest BCUT2D eigenvalue weighted by Crippen LogP contribution is 2.48. The van der Waals surface area contributed by atoms with Crippen LogP contribution in [-0.2, 0) is 14.3 Å². The van der Waals surface area contributed by atoms with Crippen molar-refractivity contribution >= 4 is 11.8 Å². The van der Waals surface area contributed by atoms with Crippen molar-refractivity contribution in [2.75, 3.05) is 7.11 Å². The monoisotopic (exact) mass is 408 g/mol. The summed E-state index contributed by atoms with van der Waals surface area (Å²) in [5.41, 5.74) is 0.0901. The van der Waals surface area contributed by atoms with E-state index in [-0.39, 0.29) is 41.5 Å². The first-order valence-electron chi connectivity index (χ1n) is 11.6. The normalized spacial score (nSPS) is 27.2. The van der Waals surface area contributed by atoms with Crippen molar-refractivity contribution in [2.24, 2.45) is 17.3 Å². The molecule has 2 fully saturated rings. The lowest BCUT2D eigenvalue weighted by Gasteiger charge is -2.45. The number of unbranched alkanes of at least 4 members (excludes halogenated alkanes) is 3. The molecule has 2 aliphatic carbocycles. The van der Waals surface area contributed by atoms with Gasteiger partial charge in [-0.15, -0.1) is 0 Å². The molecule has 5 heteroatoms. The maximum atomic E-state index is 12.3. The van der Waals surface area contributed by atoms with Crippen molar-refractivity contribution in [1.82, 2.24) is 0 Å². The quantitative estimate of drug-likeness (QED) is 0.269. The van der Waals surface area contributed by atoms with E-state index in [4.69, 9.17) is 0 Å². The predicted molar refractivity (Wildman–Crippen MR) is 113 cm³/mol. The van der Waals surface area contributed by atoms with E-state index in [2.05, 4.69) is 11.7 Å². The van der Waals surface area contributed by atoms with Crippen LogP contribution in [0, 0.1) is 17.3 Å². The zero-order valence-corrected chi connectivity index (χ0v) is 18.3. The number of methoxy groups -OCH3 is 1. The van der Waals surface area contributed by atoms with Crippen LogP contribution in [0.1, 0.15) is 90.4 Å². The lowest BCUT2D eigenvalue weighted by Crippen LogP contribution is -2.41. The summed E-state index contributed by atoms with van der Waals surface area (Å²) in [5, 5.41) is 21.0. The molecule has 2 rings (SSSR count). The Hall–Kier alpha value is -1.20. The van der Waals surface area contributed by atoms with Crippen molar-refractivity contribution < 1.29 is 24.5 Å². The third-order valence-corrected chi connectivity index (χ3v) is 7.13. The van der Waals surface area contributed by atoms with Gasteiger partial charge < -0.3 is 14.9 Å². The Bertz CT molecular complexity index is 551. The van der Waals surface area contributed by atoms with Crippen molar-refractivity contribution in [1.29, 1.82) is 0 Å². The van der Waals surface area contributed by atoms with Gasteiger partial charge >= 0.3 is 5.97 Å². The van der Waals surface area contributed by atoms with E-state index >= 15 is 0 Å². The highest BCUT2D eigenvalue weighted by Gasteiger charge is 2.42. The number of rotatable bonds is 13. The van der Waals surface area contributed by atoms with Gasteiger partial charge in [0.25, 0.3) is 0 Å². The summed E-state index contributed by atoms with van der Waals surface area (Å²) in [4.78, 5) is 23.5. The summed E-state index contributed by atoms with van der Waals surface area (Å²) in [6.45, 7) is 2.17. The van der Waals surface area contributed by atoms with E-state index in [0.29, 0.717) is 12.8 Å². The molecule has 0 aromatic rings. The van der Waals surface area contributed by atoms with E-state index in [1.54, 1.807) is 0 Å². The number of carbonyl (C=O) groups excluding carboxylic acids is 2. The number of hydrogen-bond acceptors (Lipinski definition) is 5. The van der Waals surface area contributed by atoms with Crippen LogP contribution in [0.25, 0.3) is 0 Å². The van der Waals surface area contributed by atoms with Crippen molar-refractivity contribution in [3.05, 3.63) is 12.2 Å². The van der Waals surface area contributed by atoms with Crippen LogP contribution in [-0.4, -0.2) is 41.3 Å². The molecule has 2 saturated carbocycles. The van der Waals surface area contributed by atoms with Crippen LogP contribution < -0.4 is 0 Å². The van der Waals surface area contributed by atoms with Gasteiger partial charge in [0.2, 0.25) is 0 Å². The van der Waals surface area contributed by atoms with Crippen LogP contribution >= 0.6 is 0 Å². The molecule has 0 spiro atoms. The number of aliphatic hydroxyl groups is 2. The minimum absolute atomic E-state index is 0.0901. The highest BCUT2D eigenvalue weighted by molar-refractivity contribution is 5.84. The first kappa shape index (κ1) is 24.1. The maximum Gasteiger partial charge on any atom is 0.305 e. The fourth-order valence-corrected chi connectivity index (χ4v) is 5.17. The molecule has 0 radical (unpaired) electrons. The SMILES string of the molecule is CCCC1([C@@H](O)C/C=C/[C@H]2[C@@H](O)CC(=O)[C@@H]2CCCCCCC(=O)OC)CCC1. The third kappa shape index (κ3) is 6.65. The molecule has 0 aliphatic heterocycles. The van der Waals surface area contributed by atoms with Gasteiger partial charge in [0.05, 0.1) is 19.3 Å². The summed E-state index contributed by atoms with van der Waals surface area (Å²) in [7, 11) is 1.40. The zero-order chi connectivity index (χ0) is 21.3. The minimum atomic E-state index is -0.603. The first-order chi connectivity index (χ1) is 13.9. The van der Waals surface area contributed by atoms with Gasteiger partial charge in [0.1, 0.15) is 5.78 Å². The number of aliphatic hydroxyl groups excluding tert-OH is 2. The van der Waals surface area contributed by atoms with E-state index in [0.717, 1.165) is 57.8 Å². The van der Waals surface area contributed by atoms with Crippen LogP contribution in [0.4, 0.5) is 0 Å². The number of esters is 1. The van der Waals surface area contributed by atoms with Gasteiger partial charge in [-0.05, 0) is 43.9 Å². The molecule has 0 saturated heterocycles. The molecule has 0 bridgehead atoms. The molecule has 2 aliphatic rings. The largest absolute Gasteiger partial charge is 0.469 e. The molecule has 0 aromatic carbocycles. The average molecular weight is 409 g/mol. The summed E-state index contributed by atoms with van der Waals surface area (Å²) in [6.07, 6.45) is 14.4. The smallest absolute Gasteiger partial charge is 0.305 e. The second kappa shape index (κ2) is 11.8. The lowest BCUT2D eigenvalue weighted by atomic mass is 9.62. The van der Waals surface area contributed by atoms with Crippen LogP contribution in [0.2, 0.25) is 0 Å². The Morgan fingerprint density at radius 2 is 2.00 bits per heavy atom. The fourth-order valence-electron chi connectivity index (χ4n) is 5.17. The number of ether oxygens (including phenoxy) is 1. The second-order valence-corrected chi connectivity index (χ2v) is 9.10. The number of ketones is 1. The van der Waals surface area contributed by atoms with Gasteiger partial charge in [0.15, 0.2) is 0 Å². The standard InChI is InChI=1S/C24H40O5/c1-3-14-24(15-9-16-24)22(27)12-8-11-19-18(20(25)17-21(19)26)10-6-4-5-7-13-23(28)29-2/h8,11,18-19,21-22,26-27H,3-7,9-10,12-17H2,1-2H3/b11-8+/t18-,19-,21+,22+/m1/s1. The maximum absolute atomic E-state index is 12.3. The van der Waals surface area contributed by atoms with E-state index in [1.807, 2.05) is 12.2 Å². The summed E-state index contributed by atoms with van der Waals surface area (Å²) < 4.78 is 4.64. The Morgan fingerprint density at radius 3 is 2.62 bits per heavy atom. The summed E-state index contributed by atoms with van der Waals surface area (Å²) >= 11 is 0.